The zero-order chi connectivity index (χ0) is 17.3. The highest BCUT2D eigenvalue weighted by molar-refractivity contribution is 5.37. The smallest absolute Gasteiger partial charge is 0.123 e. The van der Waals surface area contributed by atoms with Gasteiger partial charge in [-0.2, -0.15) is 5.10 Å². The average molecular weight is 329 g/mol. The fourth-order valence-electron chi connectivity index (χ4n) is 3.43. The Morgan fingerprint density at radius 2 is 2.12 bits per heavy atom. The molecule has 24 heavy (non-hydrogen) atoms. The minimum absolute atomic E-state index is 0.113. The zero-order valence-electron chi connectivity index (χ0n) is 15.0. The molecule has 1 aliphatic heterocycles. The monoisotopic (exact) mass is 329 g/mol. The van der Waals surface area contributed by atoms with Gasteiger partial charge in [-0.3, -0.25) is 9.58 Å². The van der Waals surface area contributed by atoms with Crippen LogP contribution < -0.4 is 4.74 Å². The van der Waals surface area contributed by atoms with Crippen LogP contribution in [0.5, 0.6) is 5.75 Å². The van der Waals surface area contributed by atoms with Gasteiger partial charge in [-0.15, -0.1) is 0 Å². The fraction of sp³-hybridized carbons (Fsp3) is 0.526. The van der Waals surface area contributed by atoms with Gasteiger partial charge in [-0.25, -0.2) is 0 Å². The maximum atomic E-state index is 9.16. The Labute approximate surface area is 143 Å². The van der Waals surface area contributed by atoms with Crippen LogP contribution in [0.1, 0.15) is 29.4 Å². The van der Waals surface area contributed by atoms with Crippen LogP contribution in [0.2, 0.25) is 0 Å². The molecule has 2 heterocycles. The highest BCUT2D eigenvalue weighted by atomic mass is 16.5. The highest BCUT2D eigenvalue weighted by Crippen LogP contribution is 2.31. The summed E-state index contributed by atoms with van der Waals surface area (Å²) < 4.78 is 8.03. The maximum Gasteiger partial charge on any atom is 0.123 e. The van der Waals surface area contributed by atoms with Gasteiger partial charge >= 0.3 is 0 Å². The first-order valence-electron chi connectivity index (χ1n) is 8.59. The van der Waals surface area contributed by atoms with Gasteiger partial charge in [-0.05, 0) is 39.4 Å². The van der Waals surface area contributed by atoms with Gasteiger partial charge in [0.25, 0.3) is 0 Å². The molecular weight excluding hydrogens is 302 g/mol. The number of fused-ring (bicyclic) bond motifs is 1. The number of aliphatic hydroxyl groups is 1. The van der Waals surface area contributed by atoms with Crippen molar-refractivity contribution in [1.29, 1.82) is 0 Å². The lowest BCUT2D eigenvalue weighted by atomic mass is 10.0. The van der Waals surface area contributed by atoms with Crippen LogP contribution in [0.3, 0.4) is 0 Å². The van der Waals surface area contributed by atoms with Crippen LogP contribution in [0.15, 0.2) is 24.3 Å². The van der Waals surface area contributed by atoms with Gasteiger partial charge < -0.3 is 9.84 Å². The second kappa shape index (κ2) is 6.95. The van der Waals surface area contributed by atoms with Gasteiger partial charge in [0.05, 0.1) is 18.8 Å². The third-order valence-corrected chi connectivity index (χ3v) is 5.16. The van der Waals surface area contributed by atoms with E-state index < -0.39 is 0 Å². The van der Waals surface area contributed by atoms with Crippen LogP contribution in [-0.2, 0) is 19.5 Å². The maximum absolute atomic E-state index is 9.16. The van der Waals surface area contributed by atoms with Crippen molar-refractivity contribution in [1.82, 2.24) is 14.7 Å². The molecule has 0 saturated carbocycles. The number of ether oxygens (including phenoxy) is 1. The zero-order valence-corrected chi connectivity index (χ0v) is 15.0. The predicted molar refractivity (Wildman–Crippen MR) is 94.3 cm³/mol. The molecule has 5 nitrogen and oxygen atoms in total. The topological polar surface area (TPSA) is 50.5 Å². The van der Waals surface area contributed by atoms with E-state index in [2.05, 4.69) is 49.1 Å². The lowest BCUT2D eigenvalue weighted by Gasteiger charge is -2.29. The minimum atomic E-state index is 0.113. The molecule has 0 aliphatic carbocycles. The summed E-state index contributed by atoms with van der Waals surface area (Å²) in [6, 6.07) is 8.60. The van der Waals surface area contributed by atoms with Gasteiger partial charge in [-0.1, -0.05) is 18.2 Å². The van der Waals surface area contributed by atoms with Gasteiger partial charge in [0.15, 0.2) is 0 Å². The molecule has 1 aromatic carbocycles. The minimum Gasteiger partial charge on any atom is -0.488 e. The molecule has 1 aliphatic rings. The molecule has 0 fully saturated rings. The van der Waals surface area contributed by atoms with Crippen LogP contribution >= 0.6 is 0 Å². The summed E-state index contributed by atoms with van der Waals surface area (Å²) in [4.78, 5) is 2.33. The highest BCUT2D eigenvalue weighted by Gasteiger charge is 2.30. The lowest BCUT2D eigenvalue weighted by Crippen LogP contribution is -2.41. The van der Waals surface area contributed by atoms with Crippen LogP contribution in [-0.4, -0.2) is 45.6 Å². The number of aryl methyl sites for hydroxylation is 1. The Bertz CT molecular complexity index is 686. The third kappa shape index (κ3) is 3.19. The molecule has 2 aromatic rings. The number of aliphatic hydroxyl groups excluding tert-OH is 1. The van der Waals surface area contributed by atoms with E-state index in [-0.39, 0.29) is 12.7 Å². The van der Waals surface area contributed by atoms with Gasteiger partial charge in [0.1, 0.15) is 11.9 Å². The third-order valence-electron chi connectivity index (χ3n) is 5.16. The first-order chi connectivity index (χ1) is 11.5. The number of rotatable bonds is 6. The van der Waals surface area contributed by atoms with E-state index in [1.165, 1.54) is 11.1 Å². The molecule has 1 N–H and O–H groups in total. The van der Waals surface area contributed by atoms with E-state index in [1.807, 2.05) is 17.7 Å². The molecule has 2 unspecified atom stereocenters. The Hall–Kier alpha value is -1.85. The van der Waals surface area contributed by atoms with Crippen molar-refractivity contribution in [2.24, 2.45) is 0 Å². The van der Waals surface area contributed by atoms with Crippen LogP contribution in [0, 0.1) is 13.8 Å². The molecule has 0 saturated heterocycles. The SMILES string of the molecule is Cc1nn(CCO)c(C)c1CN(C)C(C)C1Cc2ccccc2O1. The van der Waals surface area contributed by atoms with Crippen molar-refractivity contribution in [3.05, 3.63) is 46.8 Å². The molecule has 1 aromatic heterocycles. The Kier molecular flexibility index (Phi) is 4.92. The van der Waals surface area contributed by atoms with E-state index in [1.54, 1.807) is 0 Å². The first kappa shape index (κ1) is 17.0. The van der Waals surface area contributed by atoms with Crippen molar-refractivity contribution in [3.8, 4) is 5.75 Å². The summed E-state index contributed by atoms with van der Waals surface area (Å²) in [5, 5.41) is 13.7. The van der Waals surface area contributed by atoms with Gasteiger partial charge in [0.2, 0.25) is 0 Å². The normalized spacial score (nSPS) is 17.8. The molecule has 0 radical (unpaired) electrons. The largest absolute Gasteiger partial charge is 0.488 e. The number of likely N-dealkylation sites (N-methyl/N-ethyl adjacent to an activating group) is 1. The van der Waals surface area contributed by atoms with E-state index in [0.29, 0.717) is 12.6 Å². The van der Waals surface area contributed by atoms with Crippen LogP contribution in [0.25, 0.3) is 0 Å². The number of hydrogen-bond acceptors (Lipinski definition) is 4. The van der Waals surface area contributed by atoms with E-state index >= 15 is 0 Å². The summed E-state index contributed by atoms with van der Waals surface area (Å²) >= 11 is 0. The molecular formula is C19H27N3O2. The Morgan fingerprint density at radius 3 is 2.83 bits per heavy atom. The second-order valence-electron chi connectivity index (χ2n) is 6.72. The molecule has 0 bridgehead atoms. The number of benzene rings is 1. The first-order valence-corrected chi connectivity index (χ1v) is 8.59. The Morgan fingerprint density at radius 1 is 1.38 bits per heavy atom. The molecule has 130 valence electrons. The molecule has 3 rings (SSSR count). The number of aromatic nitrogens is 2. The van der Waals surface area contributed by atoms with E-state index in [9.17, 15) is 0 Å². The lowest BCUT2D eigenvalue weighted by molar-refractivity contribution is 0.105. The molecule has 5 heteroatoms. The van der Waals surface area contributed by atoms with Crippen molar-refractivity contribution in [3.63, 3.8) is 0 Å². The second-order valence-corrected chi connectivity index (χ2v) is 6.72. The number of para-hydroxylation sites is 1. The Balaban J connectivity index is 1.68. The summed E-state index contributed by atoms with van der Waals surface area (Å²) in [5.74, 6) is 1.02. The van der Waals surface area contributed by atoms with Crippen molar-refractivity contribution in [2.45, 2.75) is 52.4 Å². The van der Waals surface area contributed by atoms with Crippen molar-refractivity contribution >= 4 is 0 Å². The standard InChI is InChI=1S/C19H27N3O2/c1-13-17(14(2)22(20-13)9-10-23)12-21(4)15(3)19-11-16-7-5-6-8-18(16)24-19/h5-8,15,19,23H,9-12H2,1-4H3. The van der Waals surface area contributed by atoms with E-state index in [0.717, 1.165) is 30.1 Å². The molecule has 0 amide bonds. The molecule has 2 atom stereocenters. The number of hydrogen-bond donors (Lipinski definition) is 1. The van der Waals surface area contributed by atoms with Crippen LogP contribution in [0.4, 0.5) is 0 Å². The predicted octanol–water partition coefficient (Wildman–Crippen LogP) is 2.32. The summed E-state index contributed by atoms with van der Waals surface area (Å²) in [5.41, 5.74) is 4.71. The fourth-order valence-corrected chi connectivity index (χ4v) is 3.43. The van der Waals surface area contributed by atoms with Crippen molar-refractivity contribution < 1.29 is 9.84 Å². The van der Waals surface area contributed by atoms with E-state index in [4.69, 9.17) is 9.84 Å². The molecule has 0 spiro atoms. The number of nitrogens with zero attached hydrogens (tertiary/aromatic N) is 3. The summed E-state index contributed by atoms with van der Waals surface area (Å²) in [6.07, 6.45) is 1.14. The van der Waals surface area contributed by atoms with Crippen molar-refractivity contribution in [2.75, 3.05) is 13.7 Å². The van der Waals surface area contributed by atoms with Gasteiger partial charge in [0, 0.05) is 30.3 Å². The quantitative estimate of drug-likeness (QED) is 0.884. The average Bonchev–Trinajstić information content (AvgIpc) is 3.11. The summed E-state index contributed by atoms with van der Waals surface area (Å²) in [6.45, 7) is 7.83. The summed E-state index contributed by atoms with van der Waals surface area (Å²) in [7, 11) is 2.14.